The van der Waals surface area contributed by atoms with Crippen molar-refractivity contribution < 1.29 is 5.11 Å². The highest BCUT2D eigenvalue weighted by molar-refractivity contribution is 5.50. The normalized spacial score (nSPS) is 24.1. The van der Waals surface area contributed by atoms with Crippen LogP contribution in [0.1, 0.15) is 94.7 Å². The van der Waals surface area contributed by atoms with Gasteiger partial charge in [0, 0.05) is 0 Å². The highest BCUT2D eigenvalue weighted by atomic mass is 16.3. The van der Waals surface area contributed by atoms with Gasteiger partial charge in [0.25, 0.3) is 0 Å². The summed E-state index contributed by atoms with van der Waals surface area (Å²) < 4.78 is 0. The minimum Gasteiger partial charge on any atom is -0.508 e. The third kappa shape index (κ3) is 2.68. The largest absolute Gasteiger partial charge is 0.508 e. The minimum atomic E-state index is 0.261. The van der Waals surface area contributed by atoms with Gasteiger partial charge >= 0.3 is 0 Å². The first kappa shape index (κ1) is 15.9. The monoisotopic (exact) mass is 300 g/mol. The van der Waals surface area contributed by atoms with Gasteiger partial charge in [-0.3, -0.25) is 0 Å². The van der Waals surface area contributed by atoms with Crippen molar-refractivity contribution in [3.8, 4) is 5.75 Å². The fourth-order valence-corrected chi connectivity index (χ4v) is 5.16. The van der Waals surface area contributed by atoms with Crippen LogP contribution in [0, 0.1) is 6.92 Å². The second kappa shape index (κ2) is 5.91. The Kier molecular flexibility index (Phi) is 4.27. The average Bonchev–Trinajstić information content (AvgIpc) is 2.51. The smallest absolute Gasteiger partial charge is 0.118 e. The fourth-order valence-electron chi connectivity index (χ4n) is 5.16. The van der Waals surface area contributed by atoms with E-state index < -0.39 is 0 Å². The molecule has 0 unspecified atom stereocenters. The van der Waals surface area contributed by atoms with E-state index in [-0.39, 0.29) is 5.41 Å². The van der Waals surface area contributed by atoms with Gasteiger partial charge in [-0.05, 0) is 66.2 Å². The molecule has 0 atom stereocenters. The van der Waals surface area contributed by atoms with Crippen molar-refractivity contribution in [2.24, 2.45) is 0 Å². The van der Waals surface area contributed by atoms with Crippen LogP contribution in [-0.2, 0) is 10.8 Å². The first-order valence-electron chi connectivity index (χ1n) is 9.30. The number of hydrogen-bond acceptors (Lipinski definition) is 1. The quantitative estimate of drug-likeness (QED) is 0.695. The van der Waals surface area contributed by atoms with Crippen molar-refractivity contribution in [3.05, 3.63) is 28.8 Å². The predicted molar refractivity (Wildman–Crippen MR) is 93.7 cm³/mol. The molecule has 1 aromatic rings. The first-order valence-corrected chi connectivity index (χ1v) is 9.30. The van der Waals surface area contributed by atoms with E-state index in [9.17, 15) is 5.11 Å². The van der Waals surface area contributed by atoms with Crippen molar-refractivity contribution in [3.63, 3.8) is 0 Å². The molecule has 1 aromatic carbocycles. The zero-order valence-corrected chi connectivity index (χ0v) is 14.7. The van der Waals surface area contributed by atoms with Crippen molar-refractivity contribution in [2.45, 2.75) is 95.8 Å². The molecule has 0 spiro atoms. The van der Waals surface area contributed by atoms with E-state index in [0.717, 1.165) is 5.56 Å². The molecule has 2 aliphatic carbocycles. The fraction of sp³-hybridized carbons (Fsp3) is 0.714. The summed E-state index contributed by atoms with van der Waals surface area (Å²) in [4.78, 5) is 0. The molecule has 2 fully saturated rings. The van der Waals surface area contributed by atoms with E-state index in [1.807, 2.05) is 6.07 Å². The van der Waals surface area contributed by atoms with Crippen molar-refractivity contribution in [1.29, 1.82) is 0 Å². The topological polar surface area (TPSA) is 20.2 Å². The van der Waals surface area contributed by atoms with Gasteiger partial charge in [0.15, 0.2) is 0 Å². The zero-order valence-electron chi connectivity index (χ0n) is 14.7. The Labute approximate surface area is 136 Å². The second-order valence-corrected chi connectivity index (χ2v) is 8.37. The lowest BCUT2D eigenvalue weighted by Crippen LogP contribution is -2.33. The molecule has 0 amide bonds. The molecular formula is C21H32O. The predicted octanol–water partition coefficient (Wildman–Crippen LogP) is 6.14. The maximum absolute atomic E-state index is 10.4. The van der Waals surface area contributed by atoms with Crippen LogP contribution in [0.15, 0.2) is 12.1 Å². The van der Waals surface area contributed by atoms with E-state index in [2.05, 4.69) is 26.8 Å². The molecule has 1 N–H and O–H groups in total. The summed E-state index contributed by atoms with van der Waals surface area (Å²) in [5, 5.41) is 10.4. The number of rotatable bonds is 2. The molecule has 1 heteroatoms. The molecule has 2 saturated carbocycles. The number of benzene rings is 1. The van der Waals surface area contributed by atoms with E-state index in [4.69, 9.17) is 0 Å². The SMILES string of the molecule is Cc1c(O)ccc(C2(C)CCCCC2)c1C1(C)CCCCC1. The molecule has 0 heterocycles. The highest BCUT2D eigenvalue weighted by Gasteiger charge is 2.38. The summed E-state index contributed by atoms with van der Waals surface area (Å²) in [6, 6.07) is 4.20. The zero-order chi connectivity index (χ0) is 15.8. The van der Waals surface area contributed by atoms with Gasteiger partial charge in [0.2, 0.25) is 0 Å². The van der Waals surface area contributed by atoms with Gasteiger partial charge in [-0.2, -0.15) is 0 Å². The average molecular weight is 300 g/mol. The Balaban J connectivity index is 2.12. The van der Waals surface area contributed by atoms with Crippen LogP contribution >= 0.6 is 0 Å². The maximum Gasteiger partial charge on any atom is 0.118 e. The Hall–Kier alpha value is -0.980. The molecule has 22 heavy (non-hydrogen) atoms. The molecule has 2 aliphatic rings. The van der Waals surface area contributed by atoms with Crippen LogP contribution in [0.3, 0.4) is 0 Å². The van der Waals surface area contributed by atoms with Gasteiger partial charge in [-0.1, -0.05) is 58.4 Å². The molecule has 3 rings (SSSR count). The van der Waals surface area contributed by atoms with Crippen molar-refractivity contribution >= 4 is 0 Å². The van der Waals surface area contributed by atoms with Gasteiger partial charge in [-0.15, -0.1) is 0 Å². The van der Waals surface area contributed by atoms with Crippen LogP contribution in [0.2, 0.25) is 0 Å². The third-order valence-corrected chi connectivity index (χ3v) is 6.60. The third-order valence-electron chi connectivity index (χ3n) is 6.60. The summed E-state index contributed by atoms with van der Waals surface area (Å²) in [7, 11) is 0. The van der Waals surface area contributed by atoms with Gasteiger partial charge in [0.1, 0.15) is 5.75 Å². The van der Waals surface area contributed by atoms with Crippen LogP contribution < -0.4 is 0 Å². The molecule has 0 aromatic heterocycles. The van der Waals surface area contributed by atoms with Gasteiger partial charge in [-0.25, -0.2) is 0 Å². The lowest BCUT2D eigenvalue weighted by atomic mass is 9.62. The standard InChI is InChI=1S/C21H32O/c1-16-18(22)11-10-17(20(2)12-6-4-7-13-20)19(16)21(3)14-8-5-9-15-21/h10-11,22H,4-9,12-15H2,1-3H3. The first-order chi connectivity index (χ1) is 10.5. The molecule has 1 nitrogen and oxygen atoms in total. The van der Waals surface area contributed by atoms with Crippen LogP contribution in [0.4, 0.5) is 0 Å². The van der Waals surface area contributed by atoms with Gasteiger partial charge < -0.3 is 5.11 Å². The minimum absolute atomic E-state index is 0.261. The summed E-state index contributed by atoms with van der Waals surface area (Å²) in [6.45, 7) is 7.05. The Morgan fingerprint density at radius 3 is 1.82 bits per heavy atom. The molecule has 0 saturated heterocycles. The van der Waals surface area contributed by atoms with Crippen molar-refractivity contribution in [1.82, 2.24) is 0 Å². The second-order valence-electron chi connectivity index (χ2n) is 8.37. The Morgan fingerprint density at radius 1 is 0.773 bits per heavy atom. The maximum atomic E-state index is 10.4. The molecule has 0 aliphatic heterocycles. The molecule has 122 valence electrons. The van der Waals surface area contributed by atoms with E-state index >= 15 is 0 Å². The molecular weight excluding hydrogens is 268 g/mol. The number of aromatic hydroxyl groups is 1. The highest BCUT2D eigenvalue weighted by Crippen LogP contribution is 2.49. The van der Waals surface area contributed by atoms with E-state index in [1.54, 1.807) is 5.56 Å². The Morgan fingerprint density at radius 2 is 1.27 bits per heavy atom. The summed E-state index contributed by atoms with van der Waals surface area (Å²) in [5.74, 6) is 0.491. The van der Waals surface area contributed by atoms with E-state index in [1.165, 1.54) is 69.8 Å². The number of hydrogen-bond donors (Lipinski definition) is 1. The molecule has 0 radical (unpaired) electrons. The summed E-state index contributed by atoms with van der Waals surface area (Å²) in [6.07, 6.45) is 13.3. The lowest BCUT2D eigenvalue weighted by molar-refractivity contribution is 0.286. The number of phenols is 1. The Bertz CT molecular complexity index is 531. The van der Waals surface area contributed by atoms with E-state index in [0.29, 0.717) is 11.2 Å². The van der Waals surface area contributed by atoms with Gasteiger partial charge in [0.05, 0.1) is 0 Å². The summed E-state index contributed by atoms with van der Waals surface area (Å²) in [5.41, 5.74) is 4.76. The number of phenolic OH excluding ortho intramolecular Hbond substituents is 1. The van der Waals surface area contributed by atoms with Crippen molar-refractivity contribution in [2.75, 3.05) is 0 Å². The summed E-state index contributed by atoms with van der Waals surface area (Å²) >= 11 is 0. The van der Waals surface area contributed by atoms with Crippen LogP contribution in [0.25, 0.3) is 0 Å². The van der Waals surface area contributed by atoms with Crippen LogP contribution in [0.5, 0.6) is 5.75 Å². The molecule has 0 bridgehead atoms. The lowest BCUT2D eigenvalue weighted by Gasteiger charge is -2.43. The van der Waals surface area contributed by atoms with Crippen LogP contribution in [-0.4, -0.2) is 5.11 Å².